The van der Waals surface area contributed by atoms with Crippen molar-refractivity contribution >= 4 is 18.3 Å². The molecule has 0 amide bonds. The lowest BCUT2D eigenvalue weighted by Crippen LogP contribution is -1.99. The Morgan fingerprint density at radius 2 is 1.93 bits per heavy atom. The molecule has 3 nitrogen and oxygen atoms in total. The molecule has 0 spiro atoms. The molecular formula is C9H9F2NO2S. The number of hydrogen-bond donors (Lipinski definition) is 1. The molecule has 0 aliphatic heterocycles. The fourth-order valence-corrected chi connectivity index (χ4v) is 1.38. The van der Waals surface area contributed by atoms with Crippen LogP contribution in [0.25, 0.3) is 0 Å². The van der Waals surface area contributed by atoms with E-state index in [9.17, 15) is 18.9 Å². The van der Waals surface area contributed by atoms with Gasteiger partial charge in [0.25, 0.3) is 5.69 Å². The third-order valence-corrected chi connectivity index (χ3v) is 2.24. The van der Waals surface area contributed by atoms with Gasteiger partial charge in [-0.3, -0.25) is 10.1 Å². The highest BCUT2D eigenvalue weighted by Gasteiger charge is 2.17. The van der Waals surface area contributed by atoms with Crippen molar-refractivity contribution in [2.75, 3.05) is 5.75 Å². The lowest BCUT2D eigenvalue weighted by Gasteiger charge is -2.02. The van der Waals surface area contributed by atoms with Crippen LogP contribution in [0.1, 0.15) is 12.0 Å². The standard InChI is InChI=1S/C9H9F2NO2S/c10-7-4-6(2-1-3-15)9(12(13)14)5-8(7)11/h4-5,15H,1-3H2. The fraction of sp³-hybridized carbons (Fsp3) is 0.333. The number of nitro groups is 1. The van der Waals surface area contributed by atoms with Crippen LogP contribution in [0, 0.1) is 21.7 Å². The molecule has 1 aromatic carbocycles. The number of benzene rings is 1. The predicted octanol–water partition coefficient (Wildman–Crippen LogP) is 2.74. The molecule has 0 aliphatic carbocycles. The largest absolute Gasteiger partial charge is 0.275 e. The molecule has 1 aromatic rings. The minimum Gasteiger partial charge on any atom is -0.258 e. The van der Waals surface area contributed by atoms with E-state index in [2.05, 4.69) is 12.6 Å². The van der Waals surface area contributed by atoms with Gasteiger partial charge in [0.05, 0.1) is 11.0 Å². The Labute approximate surface area is 90.7 Å². The summed E-state index contributed by atoms with van der Waals surface area (Å²) in [5.74, 6) is -1.72. The van der Waals surface area contributed by atoms with Gasteiger partial charge in [0.1, 0.15) is 0 Å². The first-order valence-electron chi connectivity index (χ1n) is 4.29. The third-order valence-electron chi connectivity index (χ3n) is 1.92. The van der Waals surface area contributed by atoms with E-state index < -0.39 is 16.6 Å². The highest BCUT2D eigenvalue weighted by Crippen LogP contribution is 2.23. The molecule has 0 unspecified atom stereocenters. The SMILES string of the molecule is O=[N+]([O-])c1cc(F)c(F)cc1CCCS. The molecule has 0 aromatic heterocycles. The second-order valence-electron chi connectivity index (χ2n) is 2.98. The van der Waals surface area contributed by atoms with Crippen LogP contribution in [0.3, 0.4) is 0 Å². The summed E-state index contributed by atoms with van der Waals surface area (Å²) in [6.45, 7) is 0. The minimum atomic E-state index is -1.20. The first-order valence-corrected chi connectivity index (χ1v) is 4.92. The summed E-state index contributed by atoms with van der Waals surface area (Å²) in [5, 5.41) is 10.5. The Kier molecular flexibility index (Phi) is 4.02. The van der Waals surface area contributed by atoms with E-state index in [-0.39, 0.29) is 11.3 Å². The molecule has 0 N–H and O–H groups in total. The Bertz CT molecular complexity index is 385. The van der Waals surface area contributed by atoms with Crippen LogP contribution in [-0.2, 0) is 6.42 Å². The number of nitro benzene ring substituents is 1. The molecule has 0 saturated heterocycles. The van der Waals surface area contributed by atoms with Gasteiger partial charge in [-0.1, -0.05) is 0 Å². The fourth-order valence-electron chi connectivity index (χ4n) is 1.22. The maximum atomic E-state index is 12.8. The highest BCUT2D eigenvalue weighted by atomic mass is 32.1. The van der Waals surface area contributed by atoms with Gasteiger partial charge in [-0.25, -0.2) is 8.78 Å². The zero-order chi connectivity index (χ0) is 11.4. The molecule has 0 saturated carbocycles. The van der Waals surface area contributed by atoms with Crippen molar-refractivity contribution < 1.29 is 13.7 Å². The molecule has 0 fully saturated rings. The van der Waals surface area contributed by atoms with Crippen LogP contribution in [0.2, 0.25) is 0 Å². The maximum Gasteiger partial charge on any atom is 0.275 e. The van der Waals surface area contributed by atoms with Crippen LogP contribution in [0.5, 0.6) is 0 Å². The number of thiol groups is 1. The molecule has 6 heteroatoms. The molecule has 0 atom stereocenters. The van der Waals surface area contributed by atoms with Gasteiger partial charge in [-0.2, -0.15) is 12.6 Å². The Balaban J connectivity index is 3.10. The summed E-state index contributed by atoms with van der Waals surface area (Å²) in [7, 11) is 0. The number of aryl methyl sites for hydroxylation is 1. The highest BCUT2D eigenvalue weighted by molar-refractivity contribution is 7.80. The summed E-state index contributed by atoms with van der Waals surface area (Å²) in [4.78, 5) is 9.83. The average molecular weight is 233 g/mol. The van der Waals surface area contributed by atoms with E-state index >= 15 is 0 Å². The van der Waals surface area contributed by atoms with E-state index in [1.54, 1.807) is 0 Å². The molecular weight excluding hydrogens is 224 g/mol. The van der Waals surface area contributed by atoms with Gasteiger partial charge < -0.3 is 0 Å². The van der Waals surface area contributed by atoms with Crippen molar-refractivity contribution in [2.24, 2.45) is 0 Å². The van der Waals surface area contributed by atoms with Crippen LogP contribution < -0.4 is 0 Å². The summed E-state index contributed by atoms with van der Waals surface area (Å²) >= 11 is 3.95. The monoisotopic (exact) mass is 233 g/mol. The van der Waals surface area contributed by atoms with Crippen LogP contribution in [0.4, 0.5) is 14.5 Å². The van der Waals surface area contributed by atoms with Crippen molar-refractivity contribution in [2.45, 2.75) is 12.8 Å². The van der Waals surface area contributed by atoms with E-state index in [1.807, 2.05) is 0 Å². The van der Waals surface area contributed by atoms with Crippen molar-refractivity contribution in [1.29, 1.82) is 0 Å². The topological polar surface area (TPSA) is 43.1 Å². The first kappa shape index (κ1) is 11.9. The lowest BCUT2D eigenvalue weighted by atomic mass is 10.1. The number of rotatable bonds is 4. The van der Waals surface area contributed by atoms with Crippen molar-refractivity contribution in [1.82, 2.24) is 0 Å². The van der Waals surface area contributed by atoms with Gasteiger partial charge in [0, 0.05) is 5.56 Å². The smallest absolute Gasteiger partial charge is 0.258 e. The Hall–Kier alpha value is -1.17. The second-order valence-corrected chi connectivity index (χ2v) is 3.43. The van der Waals surface area contributed by atoms with Gasteiger partial charge in [-0.05, 0) is 24.7 Å². The quantitative estimate of drug-likeness (QED) is 0.493. The predicted molar refractivity (Wildman–Crippen MR) is 55.2 cm³/mol. The summed E-state index contributed by atoms with van der Waals surface area (Å²) in [6, 6.07) is 1.49. The van der Waals surface area contributed by atoms with Crippen molar-refractivity contribution in [3.63, 3.8) is 0 Å². The Morgan fingerprint density at radius 3 is 2.47 bits per heavy atom. The normalized spacial score (nSPS) is 10.3. The minimum absolute atomic E-state index is 0.202. The van der Waals surface area contributed by atoms with Crippen molar-refractivity contribution in [3.05, 3.63) is 39.4 Å². The molecule has 0 radical (unpaired) electrons. The van der Waals surface area contributed by atoms with E-state index in [1.165, 1.54) is 0 Å². The number of halogens is 2. The summed E-state index contributed by atoms with van der Waals surface area (Å²) in [5.41, 5.74) is -0.177. The van der Waals surface area contributed by atoms with E-state index in [0.29, 0.717) is 24.7 Å². The Morgan fingerprint density at radius 1 is 1.33 bits per heavy atom. The third kappa shape index (κ3) is 2.89. The lowest BCUT2D eigenvalue weighted by molar-refractivity contribution is -0.385. The van der Waals surface area contributed by atoms with Gasteiger partial charge in [0.2, 0.25) is 0 Å². The molecule has 0 heterocycles. The zero-order valence-electron chi connectivity index (χ0n) is 7.74. The average Bonchev–Trinajstić information content (AvgIpc) is 2.19. The summed E-state index contributed by atoms with van der Waals surface area (Å²) in [6.07, 6.45) is 0.895. The maximum absolute atomic E-state index is 12.8. The summed E-state index contributed by atoms with van der Waals surface area (Å²) < 4.78 is 25.6. The van der Waals surface area contributed by atoms with Crippen LogP contribution in [0.15, 0.2) is 12.1 Å². The van der Waals surface area contributed by atoms with Gasteiger partial charge in [0.15, 0.2) is 11.6 Å². The first-order chi connectivity index (χ1) is 7.06. The number of hydrogen-bond acceptors (Lipinski definition) is 3. The molecule has 82 valence electrons. The molecule has 0 bridgehead atoms. The zero-order valence-corrected chi connectivity index (χ0v) is 8.64. The van der Waals surface area contributed by atoms with Gasteiger partial charge >= 0.3 is 0 Å². The second kappa shape index (κ2) is 5.06. The van der Waals surface area contributed by atoms with Crippen LogP contribution >= 0.6 is 12.6 Å². The van der Waals surface area contributed by atoms with E-state index in [0.717, 1.165) is 6.07 Å². The number of nitrogens with zero attached hydrogens (tertiary/aromatic N) is 1. The molecule has 0 aliphatic rings. The van der Waals surface area contributed by atoms with Crippen molar-refractivity contribution in [3.8, 4) is 0 Å². The van der Waals surface area contributed by atoms with Crippen LogP contribution in [-0.4, -0.2) is 10.7 Å². The van der Waals surface area contributed by atoms with Gasteiger partial charge in [-0.15, -0.1) is 0 Å². The molecule has 1 rings (SSSR count). The van der Waals surface area contributed by atoms with E-state index in [4.69, 9.17) is 0 Å². The molecule has 15 heavy (non-hydrogen) atoms.